The molecular weight excluding hydrogens is 440 g/mol. The molecule has 1 fully saturated rings. The molecule has 0 spiro atoms. The Labute approximate surface area is 199 Å². The van der Waals surface area contributed by atoms with Crippen LogP contribution in [0.5, 0.6) is 0 Å². The van der Waals surface area contributed by atoms with Gasteiger partial charge in [0.25, 0.3) is 0 Å². The molecule has 1 unspecified atom stereocenters. The fourth-order valence-corrected chi connectivity index (χ4v) is 3.99. The van der Waals surface area contributed by atoms with Crippen LogP contribution in [0.1, 0.15) is 29.2 Å². The van der Waals surface area contributed by atoms with Gasteiger partial charge in [0.2, 0.25) is 0 Å². The van der Waals surface area contributed by atoms with Crippen molar-refractivity contribution in [2.45, 2.75) is 26.2 Å². The van der Waals surface area contributed by atoms with Gasteiger partial charge in [0.15, 0.2) is 0 Å². The number of nitrogens with zero attached hydrogens (tertiary/aromatic N) is 4. The third-order valence-electron chi connectivity index (χ3n) is 5.68. The first-order chi connectivity index (χ1) is 15.9. The van der Waals surface area contributed by atoms with Crippen molar-refractivity contribution in [2.24, 2.45) is 5.73 Å². The first kappa shape index (κ1) is 24.7. The minimum absolute atomic E-state index is 0.572. The Hall–Kier alpha value is -2.94. The standard InChI is InChI=1S/C12H17ClN2O.C12H14N4O/c1-16-5-4-15-3-2-10(9-15)11-6-12(13)8-14-7-11;1-8-9(2)15-16(11(8)14-12(13)17)10-6-4-3-5-7-10/h6-8,10H,2-5,9H2,1H3;3-7H,1-2H3,(H3,13,14,17). The summed E-state index contributed by atoms with van der Waals surface area (Å²) in [5.41, 5.74) is 9.07. The van der Waals surface area contributed by atoms with Crippen molar-refractivity contribution in [3.63, 3.8) is 0 Å². The lowest BCUT2D eigenvalue weighted by atomic mass is 10.0. The Balaban J connectivity index is 0.000000186. The highest BCUT2D eigenvalue weighted by atomic mass is 35.5. The van der Waals surface area contributed by atoms with Crippen LogP contribution in [-0.2, 0) is 4.74 Å². The van der Waals surface area contributed by atoms with Gasteiger partial charge in [0.1, 0.15) is 5.82 Å². The number of urea groups is 1. The van der Waals surface area contributed by atoms with E-state index in [1.165, 1.54) is 12.0 Å². The Kier molecular flexibility index (Phi) is 8.82. The summed E-state index contributed by atoms with van der Waals surface area (Å²) in [6, 6.07) is 11.0. The number of pyridine rings is 1. The lowest BCUT2D eigenvalue weighted by molar-refractivity contribution is 0.160. The van der Waals surface area contributed by atoms with Gasteiger partial charge in [-0.1, -0.05) is 29.8 Å². The molecule has 0 aliphatic carbocycles. The quantitative estimate of drug-likeness (QED) is 0.563. The molecule has 3 heterocycles. The Bertz CT molecular complexity index is 1060. The number of aromatic nitrogens is 3. The van der Waals surface area contributed by atoms with Crippen molar-refractivity contribution in [1.82, 2.24) is 19.7 Å². The molecule has 1 atom stereocenters. The highest BCUT2D eigenvalue weighted by molar-refractivity contribution is 6.30. The van der Waals surface area contributed by atoms with E-state index >= 15 is 0 Å². The van der Waals surface area contributed by atoms with Gasteiger partial charge >= 0.3 is 6.03 Å². The van der Waals surface area contributed by atoms with Crippen LogP contribution in [0.4, 0.5) is 10.6 Å². The molecule has 0 saturated carbocycles. The first-order valence-electron chi connectivity index (χ1n) is 10.9. The lowest BCUT2D eigenvalue weighted by Crippen LogP contribution is -2.24. The van der Waals surface area contributed by atoms with Crippen molar-refractivity contribution in [3.05, 3.63) is 70.6 Å². The van der Waals surface area contributed by atoms with Gasteiger partial charge in [-0.15, -0.1) is 0 Å². The maximum Gasteiger partial charge on any atom is 0.317 e. The fourth-order valence-electron chi connectivity index (χ4n) is 3.80. The van der Waals surface area contributed by atoms with Crippen LogP contribution in [0.2, 0.25) is 5.02 Å². The van der Waals surface area contributed by atoms with E-state index in [4.69, 9.17) is 22.1 Å². The first-order valence-corrected chi connectivity index (χ1v) is 11.3. The molecule has 9 heteroatoms. The lowest BCUT2D eigenvalue weighted by Gasteiger charge is -2.15. The summed E-state index contributed by atoms with van der Waals surface area (Å²) in [7, 11) is 1.74. The molecule has 4 rings (SSSR count). The maximum atomic E-state index is 11.0. The minimum Gasteiger partial charge on any atom is -0.383 e. The van der Waals surface area contributed by atoms with Crippen LogP contribution in [0.25, 0.3) is 5.69 Å². The van der Waals surface area contributed by atoms with Crippen LogP contribution < -0.4 is 11.1 Å². The van der Waals surface area contributed by atoms with Gasteiger partial charge in [-0.05, 0) is 56.5 Å². The summed E-state index contributed by atoms with van der Waals surface area (Å²) in [6.45, 7) is 7.83. The molecule has 2 aromatic heterocycles. The van der Waals surface area contributed by atoms with E-state index in [-0.39, 0.29) is 0 Å². The van der Waals surface area contributed by atoms with Gasteiger partial charge in [-0.3, -0.25) is 10.3 Å². The number of carbonyl (C=O) groups is 1. The van der Waals surface area contributed by atoms with Crippen molar-refractivity contribution in [2.75, 3.05) is 38.7 Å². The largest absolute Gasteiger partial charge is 0.383 e. The Morgan fingerprint density at radius 1 is 1.27 bits per heavy atom. The number of rotatable bonds is 6. The zero-order valence-corrected chi connectivity index (χ0v) is 20.0. The molecule has 3 N–H and O–H groups in total. The second-order valence-electron chi connectivity index (χ2n) is 8.01. The molecule has 1 aliphatic rings. The number of halogens is 1. The SMILES string of the molecule is COCCN1CCC(c2cncc(Cl)c2)C1.Cc1nn(-c2ccccc2)c(NC(N)=O)c1C. The fraction of sp³-hybridized carbons (Fsp3) is 0.375. The number of hydrogen-bond donors (Lipinski definition) is 2. The summed E-state index contributed by atoms with van der Waals surface area (Å²) < 4.78 is 6.76. The molecule has 8 nitrogen and oxygen atoms in total. The molecule has 33 heavy (non-hydrogen) atoms. The van der Waals surface area contributed by atoms with Crippen LogP contribution in [0.15, 0.2) is 48.8 Å². The Morgan fingerprint density at radius 3 is 2.70 bits per heavy atom. The number of likely N-dealkylation sites (tertiary alicyclic amines) is 1. The summed E-state index contributed by atoms with van der Waals surface area (Å²) in [6.07, 6.45) is 4.80. The molecular formula is C24H31ClN6O2. The predicted octanol–water partition coefficient (Wildman–Crippen LogP) is 4.15. The smallest absolute Gasteiger partial charge is 0.317 e. The molecule has 1 aliphatic heterocycles. The van der Waals surface area contributed by atoms with E-state index in [0.717, 1.165) is 48.2 Å². The number of benzene rings is 1. The molecule has 2 amide bonds. The zero-order valence-electron chi connectivity index (χ0n) is 19.3. The zero-order chi connectivity index (χ0) is 23.8. The van der Waals surface area contributed by atoms with Crippen LogP contribution in [0.3, 0.4) is 0 Å². The van der Waals surface area contributed by atoms with E-state index in [2.05, 4.69) is 20.3 Å². The number of nitrogens with one attached hydrogen (secondary N) is 1. The second-order valence-corrected chi connectivity index (χ2v) is 8.45. The van der Waals surface area contributed by atoms with Crippen LogP contribution >= 0.6 is 11.6 Å². The predicted molar refractivity (Wildman–Crippen MR) is 131 cm³/mol. The Morgan fingerprint density at radius 2 is 2.03 bits per heavy atom. The van der Waals surface area contributed by atoms with Crippen molar-refractivity contribution >= 4 is 23.4 Å². The average molecular weight is 471 g/mol. The maximum absolute atomic E-state index is 11.0. The monoisotopic (exact) mass is 470 g/mol. The number of anilines is 1. The van der Waals surface area contributed by atoms with Gasteiger partial charge in [0, 0.05) is 38.2 Å². The van der Waals surface area contributed by atoms with Crippen molar-refractivity contribution < 1.29 is 9.53 Å². The highest BCUT2D eigenvalue weighted by Gasteiger charge is 2.23. The average Bonchev–Trinajstić information content (AvgIpc) is 3.39. The van der Waals surface area contributed by atoms with Gasteiger partial charge in [-0.2, -0.15) is 5.10 Å². The van der Waals surface area contributed by atoms with Gasteiger partial charge in [-0.25, -0.2) is 9.48 Å². The molecule has 0 bridgehead atoms. The van der Waals surface area contributed by atoms with Crippen LogP contribution in [0, 0.1) is 13.8 Å². The number of amides is 2. The molecule has 176 valence electrons. The topological polar surface area (TPSA) is 98.3 Å². The van der Waals surface area contributed by atoms with E-state index < -0.39 is 6.03 Å². The highest BCUT2D eigenvalue weighted by Crippen LogP contribution is 2.27. The molecule has 1 saturated heterocycles. The number of aryl methyl sites for hydroxylation is 1. The number of carbonyl (C=O) groups excluding carboxylic acids is 1. The summed E-state index contributed by atoms with van der Waals surface area (Å²) in [4.78, 5) is 17.6. The van der Waals surface area contributed by atoms with Crippen molar-refractivity contribution in [1.29, 1.82) is 0 Å². The molecule has 1 aromatic carbocycles. The van der Waals surface area contributed by atoms with E-state index in [1.54, 1.807) is 18.0 Å². The number of primary amides is 1. The number of methoxy groups -OCH3 is 1. The van der Waals surface area contributed by atoms with Gasteiger partial charge in [0.05, 0.1) is 23.0 Å². The number of nitrogens with two attached hydrogens (primary N) is 1. The van der Waals surface area contributed by atoms with E-state index in [9.17, 15) is 4.79 Å². The summed E-state index contributed by atoms with van der Waals surface area (Å²) in [5, 5.41) is 7.71. The number of ether oxygens (including phenoxy) is 1. The second kappa shape index (κ2) is 11.8. The van der Waals surface area contributed by atoms with Crippen LogP contribution in [-0.4, -0.2) is 59.0 Å². The third kappa shape index (κ3) is 6.77. The summed E-state index contributed by atoms with van der Waals surface area (Å²) >= 11 is 5.95. The summed E-state index contributed by atoms with van der Waals surface area (Å²) in [5.74, 6) is 1.18. The molecule has 0 radical (unpaired) electrons. The number of hydrogen-bond acceptors (Lipinski definition) is 5. The minimum atomic E-state index is -0.592. The third-order valence-corrected chi connectivity index (χ3v) is 5.89. The van der Waals surface area contributed by atoms with E-state index in [1.807, 2.05) is 56.4 Å². The van der Waals surface area contributed by atoms with Gasteiger partial charge < -0.3 is 15.4 Å². The molecule has 3 aromatic rings. The van der Waals surface area contributed by atoms with E-state index in [0.29, 0.717) is 11.7 Å². The number of para-hydroxylation sites is 1. The van der Waals surface area contributed by atoms with Crippen molar-refractivity contribution in [3.8, 4) is 5.69 Å². The normalized spacial score (nSPS) is 15.7.